The van der Waals surface area contributed by atoms with Crippen molar-refractivity contribution in [1.82, 2.24) is 0 Å². The molecule has 0 aliphatic rings. The summed E-state index contributed by atoms with van der Waals surface area (Å²) >= 11 is 3.14. The first-order chi connectivity index (χ1) is 9.95. The van der Waals surface area contributed by atoms with Crippen molar-refractivity contribution in [2.24, 2.45) is 0 Å². The number of rotatable bonds is 4. The van der Waals surface area contributed by atoms with E-state index >= 15 is 0 Å². The van der Waals surface area contributed by atoms with Crippen LogP contribution in [-0.2, 0) is 4.79 Å². The van der Waals surface area contributed by atoms with E-state index in [1.165, 1.54) is 18.2 Å². The highest BCUT2D eigenvalue weighted by molar-refractivity contribution is 9.10. The van der Waals surface area contributed by atoms with Gasteiger partial charge in [-0.3, -0.25) is 4.79 Å². The molecule has 0 bridgehead atoms. The molecule has 0 aliphatic heterocycles. The van der Waals surface area contributed by atoms with E-state index in [9.17, 15) is 13.6 Å². The fraction of sp³-hybridized carbons (Fsp3) is 0.133. The minimum atomic E-state index is -0.529. The maximum atomic E-state index is 13.6. The predicted molar refractivity (Wildman–Crippen MR) is 82.4 cm³/mol. The summed E-state index contributed by atoms with van der Waals surface area (Å²) in [6.45, 7) is 1.57. The predicted octanol–water partition coefficient (Wildman–Crippen LogP) is 4.09. The maximum Gasteiger partial charge on any atom is 0.243 e. The first kappa shape index (κ1) is 15.4. The van der Waals surface area contributed by atoms with Gasteiger partial charge in [0.2, 0.25) is 5.91 Å². The second-order valence-electron chi connectivity index (χ2n) is 4.49. The van der Waals surface area contributed by atoms with Crippen LogP contribution in [0.15, 0.2) is 40.9 Å². The molecule has 0 saturated carbocycles. The number of hydrogen-bond donors (Lipinski definition) is 2. The van der Waals surface area contributed by atoms with Crippen molar-refractivity contribution >= 4 is 33.2 Å². The number of halogens is 3. The molecule has 0 radical (unpaired) electrons. The molecule has 0 atom stereocenters. The van der Waals surface area contributed by atoms with E-state index in [4.69, 9.17) is 0 Å². The lowest BCUT2D eigenvalue weighted by molar-refractivity contribution is -0.114. The molecule has 0 aromatic heterocycles. The van der Waals surface area contributed by atoms with Crippen LogP contribution in [0, 0.1) is 18.6 Å². The number of anilines is 2. The molecule has 110 valence electrons. The van der Waals surface area contributed by atoms with Crippen LogP contribution in [0.2, 0.25) is 0 Å². The van der Waals surface area contributed by atoms with Gasteiger partial charge in [0, 0.05) is 10.2 Å². The van der Waals surface area contributed by atoms with Crippen LogP contribution in [0.1, 0.15) is 5.56 Å². The Bertz CT molecular complexity index is 677. The van der Waals surface area contributed by atoms with Gasteiger partial charge in [0.15, 0.2) is 0 Å². The van der Waals surface area contributed by atoms with E-state index in [1.54, 1.807) is 25.1 Å². The molecule has 21 heavy (non-hydrogen) atoms. The van der Waals surface area contributed by atoms with Gasteiger partial charge in [-0.2, -0.15) is 0 Å². The van der Waals surface area contributed by atoms with E-state index in [1.807, 2.05) is 0 Å². The molecule has 0 spiro atoms. The molecule has 6 heteroatoms. The summed E-state index contributed by atoms with van der Waals surface area (Å²) < 4.78 is 27.5. The van der Waals surface area contributed by atoms with Gasteiger partial charge >= 0.3 is 0 Å². The summed E-state index contributed by atoms with van der Waals surface area (Å²) in [7, 11) is 0. The summed E-state index contributed by atoms with van der Waals surface area (Å²) in [4.78, 5) is 11.7. The van der Waals surface area contributed by atoms with Gasteiger partial charge in [-0.15, -0.1) is 0 Å². The SMILES string of the molecule is Cc1ccc(NCC(=O)Nc2ccc(Br)cc2F)cc1F. The quantitative estimate of drug-likeness (QED) is 0.868. The Balaban J connectivity index is 1.94. The van der Waals surface area contributed by atoms with Crippen LogP contribution in [0.4, 0.5) is 20.2 Å². The topological polar surface area (TPSA) is 41.1 Å². The lowest BCUT2D eigenvalue weighted by Crippen LogP contribution is -2.22. The zero-order valence-corrected chi connectivity index (χ0v) is 12.8. The number of carbonyl (C=O) groups is 1. The Hall–Kier alpha value is -1.95. The molecule has 0 fully saturated rings. The minimum absolute atomic E-state index is 0.0853. The van der Waals surface area contributed by atoms with Crippen LogP contribution < -0.4 is 10.6 Å². The zero-order valence-electron chi connectivity index (χ0n) is 11.2. The van der Waals surface area contributed by atoms with E-state index in [0.717, 1.165) is 0 Å². The molecule has 2 aromatic rings. The Morgan fingerprint density at radius 3 is 2.57 bits per heavy atom. The second-order valence-corrected chi connectivity index (χ2v) is 5.41. The maximum absolute atomic E-state index is 13.6. The molecule has 3 nitrogen and oxygen atoms in total. The van der Waals surface area contributed by atoms with E-state index < -0.39 is 11.7 Å². The summed E-state index contributed by atoms with van der Waals surface area (Å²) in [5.74, 6) is -1.30. The van der Waals surface area contributed by atoms with Crippen molar-refractivity contribution in [2.75, 3.05) is 17.2 Å². The van der Waals surface area contributed by atoms with Gasteiger partial charge in [0.25, 0.3) is 0 Å². The number of hydrogen-bond acceptors (Lipinski definition) is 2. The molecule has 0 unspecified atom stereocenters. The molecular formula is C15H13BrF2N2O. The standard InChI is InChI=1S/C15H13BrF2N2O/c1-9-2-4-11(7-12(9)17)19-8-15(21)20-14-5-3-10(16)6-13(14)18/h2-7,19H,8H2,1H3,(H,20,21). The number of carbonyl (C=O) groups excluding carboxylic acids is 1. The van der Waals surface area contributed by atoms with Crippen LogP contribution in [0.3, 0.4) is 0 Å². The third-order valence-corrected chi connectivity index (χ3v) is 3.32. The average Bonchev–Trinajstić information content (AvgIpc) is 2.43. The van der Waals surface area contributed by atoms with Gasteiger partial charge in [-0.25, -0.2) is 8.78 Å². The Morgan fingerprint density at radius 1 is 1.14 bits per heavy atom. The fourth-order valence-electron chi connectivity index (χ4n) is 1.67. The van der Waals surface area contributed by atoms with Gasteiger partial charge in [-0.1, -0.05) is 22.0 Å². The molecule has 2 N–H and O–H groups in total. The summed E-state index contributed by atoms with van der Waals surface area (Å²) in [5, 5.41) is 5.22. The van der Waals surface area contributed by atoms with E-state index in [2.05, 4.69) is 26.6 Å². The first-order valence-electron chi connectivity index (χ1n) is 6.20. The third-order valence-electron chi connectivity index (χ3n) is 2.83. The molecule has 1 amide bonds. The van der Waals surface area contributed by atoms with Crippen molar-refractivity contribution in [1.29, 1.82) is 0 Å². The number of benzene rings is 2. The number of aryl methyl sites for hydroxylation is 1. The summed E-state index contributed by atoms with van der Waals surface area (Å²) in [6, 6.07) is 8.95. The summed E-state index contributed by atoms with van der Waals surface area (Å²) in [6.07, 6.45) is 0. The lowest BCUT2D eigenvalue weighted by Gasteiger charge is -2.09. The smallest absolute Gasteiger partial charge is 0.243 e. The monoisotopic (exact) mass is 354 g/mol. The molecular weight excluding hydrogens is 342 g/mol. The summed E-state index contributed by atoms with van der Waals surface area (Å²) in [5.41, 5.74) is 1.12. The lowest BCUT2D eigenvalue weighted by atomic mass is 10.2. The van der Waals surface area contributed by atoms with Crippen molar-refractivity contribution in [3.05, 3.63) is 58.1 Å². The van der Waals surface area contributed by atoms with Crippen LogP contribution >= 0.6 is 15.9 Å². The van der Waals surface area contributed by atoms with E-state index in [0.29, 0.717) is 15.7 Å². The van der Waals surface area contributed by atoms with Crippen molar-refractivity contribution < 1.29 is 13.6 Å². The average molecular weight is 355 g/mol. The highest BCUT2D eigenvalue weighted by atomic mass is 79.9. The van der Waals surface area contributed by atoms with Gasteiger partial charge < -0.3 is 10.6 Å². The van der Waals surface area contributed by atoms with Crippen LogP contribution in [-0.4, -0.2) is 12.5 Å². The number of nitrogens with one attached hydrogen (secondary N) is 2. The molecule has 0 saturated heterocycles. The molecule has 2 rings (SSSR count). The van der Waals surface area contributed by atoms with Gasteiger partial charge in [0.05, 0.1) is 12.2 Å². The molecule has 2 aromatic carbocycles. The Kier molecular flexibility index (Phi) is 4.90. The normalized spacial score (nSPS) is 10.3. The van der Waals surface area contributed by atoms with Crippen LogP contribution in [0.5, 0.6) is 0 Å². The zero-order chi connectivity index (χ0) is 15.4. The largest absolute Gasteiger partial charge is 0.376 e. The van der Waals surface area contributed by atoms with Gasteiger partial charge in [-0.05, 0) is 42.8 Å². The Morgan fingerprint density at radius 2 is 1.90 bits per heavy atom. The molecule has 0 aliphatic carbocycles. The van der Waals surface area contributed by atoms with E-state index in [-0.39, 0.29) is 18.0 Å². The minimum Gasteiger partial charge on any atom is -0.376 e. The first-order valence-corrected chi connectivity index (χ1v) is 7.00. The number of amides is 1. The van der Waals surface area contributed by atoms with Gasteiger partial charge in [0.1, 0.15) is 11.6 Å². The fourth-order valence-corrected chi connectivity index (χ4v) is 2.00. The molecule has 0 heterocycles. The second kappa shape index (κ2) is 6.67. The Labute approximate surface area is 129 Å². The highest BCUT2D eigenvalue weighted by Crippen LogP contribution is 2.19. The van der Waals surface area contributed by atoms with Crippen molar-refractivity contribution in [3.63, 3.8) is 0 Å². The third kappa shape index (κ3) is 4.26. The van der Waals surface area contributed by atoms with Crippen molar-refractivity contribution in [2.45, 2.75) is 6.92 Å². The van der Waals surface area contributed by atoms with Crippen molar-refractivity contribution in [3.8, 4) is 0 Å². The highest BCUT2D eigenvalue weighted by Gasteiger charge is 2.07. The van der Waals surface area contributed by atoms with Crippen LogP contribution in [0.25, 0.3) is 0 Å².